The van der Waals surface area contributed by atoms with Crippen LogP contribution in [0.2, 0.25) is 0 Å². The van der Waals surface area contributed by atoms with Gasteiger partial charge in [0.25, 0.3) is 0 Å². The standard InChI is InChI=1S/C19H23NOS2/c1-14-10-11-18(23-14)17-9-6-12-20(17)19(21)15(2)22-13-16-7-4-3-5-8-16/h3-5,7-8,10-11,15,17H,6,9,12-13H2,1-2H3. The molecule has 0 bridgehead atoms. The Morgan fingerprint density at radius 3 is 2.78 bits per heavy atom. The highest BCUT2D eigenvalue weighted by Gasteiger charge is 2.33. The van der Waals surface area contributed by atoms with Crippen molar-refractivity contribution in [2.45, 2.75) is 43.7 Å². The van der Waals surface area contributed by atoms with Gasteiger partial charge in [-0.15, -0.1) is 23.1 Å². The number of nitrogens with zero attached hydrogens (tertiary/aromatic N) is 1. The fourth-order valence-corrected chi connectivity index (χ4v) is 5.00. The van der Waals surface area contributed by atoms with Crippen LogP contribution in [0.4, 0.5) is 0 Å². The summed E-state index contributed by atoms with van der Waals surface area (Å²) in [5, 5.41) is 0.0110. The molecule has 2 unspecified atom stereocenters. The minimum atomic E-state index is 0.0110. The molecule has 2 heterocycles. The number of benzene rings is 1. The van der Waals surface area contributed by atoms with E-state index in [0.29, 0.717) is 11.9 Å². The number of hydrogen-bond acceptors (Lipinski definition) is 3. The van der Waals surface area contributed by atoms with E-state index in [1.807, 2.05) is 24.3 Å². The van der Waals surface area contributed by atoms with E-state index < -0.39 is 0 Å². The first-order chi connectivity index (χ1) is 11.1. The number of carbonyl (C=O) groups excluding carboxylic acids is 1. The van der Waals surface area contributed by atoms with Crippen LogP contribution in [0, 0.1) is 6.92 Å². The molecular formula is C19H23NOS2. The number of amides is 1. The second kappa shape index (κ2) is 7.54. The molecule has 4 heteroatoms. The molecule has 122 valence electrons. The van der Waals surface area contributed by atoms with Crippen LogP contribution in [-0.4, -0.2) is 22.6 Å². The molecule has 3 rings (SSSR count). The molecule has 0 radical (unpaired) electrons. The van der Waals surface area contributed by atoms with Gasteiger partial charge in [-0.2, -0.15) is 0 Å². The van der Waals surface area contributed by atoms with Gasteiger partial charge in [0.2, 0.25) is 5.91 Å². The van der Waals surface area contributed by atoms with Crippen LogP contribution in [-0.2, 0) is 10.5 Å². The highest BCUT2D eigenvalue weighted by molar-refractivity contribution is 7.99. The fraction of sp³-hybridized carbons (Fsp3) is 0.421. The second-order valence-corrected chi connectivity index (χ2v) is 8.73. The van der Waals surface area contributed by atoms with Crippen molar-refractivity contribution in [2.24, 2.45) is 0 Å². The predicted octanol–water partition coefficient (Wildman–Crippen LogP) is 5.04. The third-order valence-corrected chi connectivity index (χ3v) is 6.62. The third kappa shape index (κ3) is 3.99. The summed E-state index contributed by atoms with van der Waals surface area (Å²) >= 11 is 3.57. The number of hydrogen-bond donors (Lipinski definition) is 0. The molecule has 1 saturated heterocycles. The van der Waals surface area contributed by atoms with E-state index in [9.17, 15) is 4.79 Å². The lowest BCUT2D eigenvalue weighted by Crippen LogP contribution is -2.35. The third-order valence-electron chi connectivity index (χ3n) is 4.32. The van der Waals surface area contributed by atoms with Gasteiger partial charge < -0.3 is 4.90 Å². The minimum Gasteiger partial charge on any atom is -0.334 e. The first-order valence-corrected chi connectivity index (χ1v) is 10.0. The molecule has 23 heavy (non-hydrogen) atoms. The molecule has 0 saturated carbocycles. The topological polar surface area (TPSA) is 20.3 Å². The molecule has 0 N–H and O–H groups in total. The fourth-order valence-electron chi connectivity index (χ4n) is 3.06. The Balaban J connectivity index is 1.62. The average molecular weight is 346 g/mol. The zero-order chi connectivity index (χ0) is 16.2. The number of rotatable bonds is 5. The summed E-state index contributed by atoms with van der Waals surface area (Å²) < 4.78 is 0. The number of aryl methyl sites for hydroxylation is 1. The molecule has 1 aromatic heterocycles. The largest absolute Gasteiger partial charge is 0.334 e. The number of thioether (sulfide) groups is 1. The number of likely N-dealkylation sites (tertiary alicyclic amines) is 1. The molecular weight excluding hydrogens is 322 g/mol. The van der Waals surface area contributed by atoms with Gasteiger partial charge in [-0.05, 0) is 44.4 Å². The quantitative estimate of drug-likeness (QED) is 0.756. The minimum absolute atomic E-state index is 0.0110. The molecule has 1 amide bonds. The van der Waals surface area contributed by atoms with Crippen LogP contribution in [0.3, 0.4) is 0 Å². The summed E-state index contributed by atoms with van der Waals surface area (Å²) in [6, 6.07) is 15.0. The van der Waals surface area contributed by atoms with Crippen LogP contribution < -0.4 is 0 Å². The zero-order valence-corrected chi connectivity index (χ0v) is 15.3. The van der Waals surface area contributed by atoms with Gasteiger partial charge in [-0.25, -0.2) is 0 Å². The van der Waals surface area contributed by atoms with E-state index in [-0.39, 0.29) is 5.25 Å². The lowest BCUT2D eigenvalue weighted by molar-refractivity contribution is -0.131. The van der Waals surface area contributed by atoms with Gasteiger partial charge in [-0.3, -0.25) is 4.79 Å². The number of thiophene rings is 1. The van der Waals surface area contributed by atoms with Crippen LogP contribution in [0.1, 0.15) is 41.1 Å². The maximum absolute atomic E-state index is 12.9. The Bertz CT molecular complexity index is 652. The summed E-state index contributed by atoms with van der Waals surface area (Å²) in [4.78, 5) is 17.6. The predicted molar refractivity (Wildman–Crippen MR) is 99.9 cm³/mol. The molecule has 1 aliphatic heterocycles. The summed E-state index contributed by atoms with van der Waals surface area (Å²) in [5.74, 6) is 1.18. The highest BCUT2D eigenvalue weighted by Crippen LogP contribution is 2.37. The van der Waals surface area contributed by atoms with E-state index in [0.717, 1.165) is 25.1 Å². The van der Waals surface area contributed by atoms with E-state index in [4.69, 9.17) is 0 Å². The first kappa shape index (κ1) is 16.6. The van der Waals surface area contributed by atoms with Gasteiger partial charge in [0.05, 0.1) is 11.3 Å². The Morgan fingerprint density at radius 1 is 1.30 bits per heavy atom. The molecule has 1 fully saturated rings. The number of carbonyl (C=O) groups is 1. The first-order valence-electron chi connectivity index (χ1n) is 8.17. The molecule has 0 aliphatic carbocycles. The van der Waals surface area contributed by atoms with Gasteiger partial charge in [-0.1, -0.05) is 30.3 Å². The maximum atomic E-state index is 12.9. The van der Waals surface area contributed by atoms with Gasteiger partial charge in [0, 0.05) is 22.1 Å². The Kier molecular flexibility index (Phi) is 5.44. The molecule has 2 atom stereocenters. The Hall–Kier alpha value is -1.26. The lowest BCUT2D eigenvalue weighted by Gasteiger charge is -2.26. The molecule has 2 nitrogen and oxygen atoms in total. The summed E-state index contributed by atoms with van der Waals surface area (Å²) in [6.45, 7) is 5.08. The summed E-state index contributed by atoms with van der Waals surface area (Å²) in [5.41, 5.74) is 1.28. The normalized spacial score (nSPS) is 19.0. The average Bonchev–Trinajstić information content (AvgIpc) is 3.21. The van der Waals surface area contributed by atoms with Crippen molar-refractivity contribution in [2.75, 3.05) is 6.54 Å². The van der Waals surface area contributed by atoms with Crippen molar-refractivity contribution in [1.82, 2.24) is 4.90 Å². The lowest BCUT2D eigenvalue weighted by atomic mass is 10.2. The monoisotopic (exact) mass is 345 g/mol. The van der Waals surface area contributed by atoms with Crippen LogP contribution in [0.5, 0.6) is 0 Å². The molecule has 0 spiro atoms. The summed E-state index contributed by atoms with van der Waals surface area (Å²) in [7, 11) is 0. The molecule has 2 aromatic rings. The van der Waals surface area contributed by atoms with Crippen molar-refractivity contribution in [3.63, 3.8) is 0 Å². The molecule has 1 aromatic carbocycles. The van der Waals surface area contributed by atoms with Crippen LogP contribution in [0.25, 0.3) is 0 Å². The highest BCUT2D eigenvalue weighted by atomic mass is 32.2. The van der Waals surface area contributed by atoms with Crippen molar-refractivity contribution in [1.29, 1.82) is 0 Å². The Morgan fingerprint density at radius 2 is 2.09 bits per heavy atom. The van der Waals surface area contributed by atoms with E-state index in [2.05, 4.69) is 48.2 Å². The van der Waals surface area contributed by atoms with Crippen molar-refractivity contribution >= 4 is 29.0 Å². The van der Waals surface area contributed by atoms with Crippen molar-refractivity contribution in [3.05, 3.63) is 57.8 Å². The smallest absolute Gasteiger partial charge is 0.235 e. The summed E-state index contributed by atoms with van der Waals surface area (Å²) in [6.07, 6.45) is 2.21. The maximum Gasteiger partial charge on any atom is 0.235 e. The van der Waals surface area contributed by atoms with Crippen molar-refractivity contribution < 1.29 is 4.79 Å². The van der Waals surface area contributed by atoms with Gasteiger partial charge >= 0.3 is 0 Å². The zero-order valence-electron chi connectivity index (χ0n) is 13.7. The van der Waals surface area contributed by atoms with E-state index >= 15 is 0 Å². The van der Waals surface area contributed by atoms with E-state index in [1.165, 1.54) is 15.3 Å². The van der Waals surface area contributed by atoms with Gasteiger partial charge in [0.1, 0.15) is 0 Å². The van der Waals surface area contributed by atoms with E-state index in [1.54, 1.807) is 11.8 Å². The van der Waals surface area contributed by atoms with Crippen LogP contribution in [0.15, 0.2) is 42.5 Å². The van der Waals surface area contributed by atoms with Crippen LogP contribution >= 0.6 is 23.1 Å². The van der Waals surface area contributed by atoms with Crippen molar-refractivity contribution in [3.8, 4) is 0 Å². The molecule has 1 aliphatic rings. The van der Waals surface area contributed by atoms with Gasteiger partial charge in [0.15, 0.2) is 0 Å². The second-order valence-electron chi connectivity index (χ2n) is 6.08. The SMILES string of the molecule is Cc1ccc(C2CCCN2C(=O)C(C)SCc2ccccc2)s1. The Labute approximate surface area is 146 Å².